The highest BCUT2D eigenvalue weighted by Crippen LogP contribution is 2.24. The molecule has 0 amide bonds. The largest absolute Gasteiger partial charge is 0.425 e. The van der Waals surface area contributed by atoms with Crippen molar-refractivity contribution in [2.75, 3.05) is 6.61 Å². The minimum absolute atomic E-state index is 0.0988. The van der Waals surface area contributed by atoms with Crippen LogP contribution in [0.5, 0.6) is 11.8 Å². The molecule has 0 bridgehead atoms. The van der Waals surface area contributed by atoms with E-state index in [0.29, 0.717) is 10.8 Å². The van der Waals surface area contributed by atoms with Gasteiger partial charge in [-0.1, -0.05) is 41.9 Å². The van der Waals surface area contributed by atoms with E-state index in [-0.39, 0.29) is 43.3 Å². The van der Waals surface area contributed by atoms with Crippen molar-refractivity contribution in [2.24, 2.45) is 0 Å². The topological polar surface area (TPSA) is 102 Å². The molecule has 0 spiro atoms. The molecule has 30 heavy (non-hydrogen) atoms. The molecule has 9 heteroatoms. The Kier molecular flexibility index (Phi) is 5.69. The molecule has 0 fully saturated rings. The summed E-state index contributed by atoms with van der Waals surface area (Å²) in [4.78, 5) is 32.5. The number of halogens is 1. The van der Waals surface area contributed by atoms with Gasteiger partial charge in [-0.05, 0) is 36.2 Å². The summed E-state index contributed by atoms with van der Waals surface area (Å²) in [6.45, 7) is 0.259. The van der Waals surface area contributed by atoms with Gasteiger partial charge in [-0.15, -0.1) is 0 Å². The number of para-hydroxylation sites is 1. The molecule has 2 aromatic carbocycles. The summed E-state index contributed by atoms with van der Waals surface area (Å²) in [5, 5.41) is 9.69. The van der Waals surface area contributed by atoms with Crippen LogP contribution in [0.15, 0.2) is 64.2 Å². The first kappa shape index (κ1) is 19.9. The molecule has 0 aliphatic heterocycles. The number of imidazole rings is 1. The molecule has 0 radical (unpaired) electrons. The molecule has 8 nitrogen and oxygen atoms in total. The Balaban J connectivity index is 1.88. The van der Waals surface area contributed by atoms with Gasteiger partial charge in [0.25, 0.3) is 5.56 Å². The Morgan fingerprint density at radius 2 is 1.77 bits per heavy atom. The third kappa shape index (κ3) is 4.00. The average Bonchev–Trinajstić information content (AvgIpc) is 3.07. The third-order valence-corrected chi connectivity index (χ3v) is 4.85. The van der Waals surface area contributed by atoms with Gasteiger partial charge in [-0.25, -0.2) is 4.79 Å². The number of aliphatic hydroxyl groups excluding tert-OH is 1. The van der Waals surface area contributed by atoms with Crippen molar-refractivity contribution in [1.82, 2.24) is 19.1 Å². The van der Waals surface area contributed by atoms with Crippen molar-refractivity contribution in [2.45, 2.75) is 19.5 Å². The van der Waals surface area contributed by atoms with Gasteiger partial charge in [-0.3, -0.25) is 18.9 Å². The minimum Gasteiger partial charge on any atom is -0.425 e. The van der Waals surface area contributed by atoms with Crippen LogP contribution >= 0.6 is 11.6 Å². The monoisotopic (exact) mass is 426 g/mol. The van der Waals surface area contributed by atoms with E-state index >= 15 is 0 Å². The maximum Gasteiger partial charge on any atom is 0.330 e. The SMILES string of the molecule is O=c1[nH]c2nc(Oc3ccccc3)n(Cc3ccc(Cl)cc3)c2c(=O)n1CCCO. The predicted molar refractivity (Wildman–Crippen MR) is 113 cm³/mol. The van der Waals surface area contributed by atoms with Crippen LogP contribution in [0.25, 0.3) is 11.2 Å². The number of aromatic amines is 1. The Morgan fingerprint density at radius 3 is 2.47 bits per heavy atom. The number of ether oxygens (including phenoxy) is 1. The Bertz CT molecular complexity index is 1280. The van der Waals surface area contributed by atoms with Crippen molar-refractivity contribution < 1.29 is 9.84 Å². The van der Waals surface area contributed by atoms with Crippen molar-refractivity contribution in [3.63, 3.8) is 0 Å². The van der Waals surface area contributed by atoms with E-state index < -0.39 is 11.2 Å². The van der Waals surface area contributed by atoms with Crippen LogP contribution in [0.3, 0.4) is 0 Å². The second-order valence-electron chi connectivity index (χ2n) is 6.68. The van der Waals surface area contributed by atoms with E-state index in [1.165, 1.54) is 0 Å². The molecule has 4 rings (SSSR count). The van der Waals surface area contributed by atoms with Crippen LogP contribution in [0.4, 0.5) is 0 Å². The normalized spacial score (nSPS) is 11.1. The van der Waals surface area contributed by atoms with E-state index in [2.05, 4.69) is 9.97 Å². The lowest BCUT2D eigenvalue weighted by atomic mass is 10.2. The molecule has 0 saturated heterocycles. The lowest BCUT2D eigenvalue weighted by molar-refractivity contribution is 0.278. The van der Waals surface area contributed by atoms with E-state index in [1.54, 1.807) is 28.8 Å². The number of nitrogens with zero attached hydrogens (tertiary/aromatic N) is 3. The Morgan fingerprint density at radius 1 is 1.03 bits per heavy atom. The molecule has 0 aliphatic rings. The number of nitrogens with one attached hydrogen (secondary N) is 1. The number of H-pyrrole nitrogens is 1. The van der Waals surface area contributed by atoms with Crippen LogP contribution < -0.4 is 16.0 Å². The minimum atomic E-state index is -0.580. The molecule has 2 heterocycles. The zero-order valence-electron chi connectivity index (χ0n) is 15.9. The predicted octanol–water partition coefficient (Wildman–Crippen LogP) is 2.76. The fraction of sp³-hybridized carbons (Fsp3) is 0.190. The number of hydrogen-bond donors (Lipinski definition) is 2. The average molecular weight is 427 g/mol. The van der Waals surface area contributed by atoms with E-state index in [4.69, 9.17) is 21.4 Å². The van der Waals surface area contributed by atoms with Gasteiger partial charge in [0, 0.05) is 18.2 Å². The van der Waals surface area contributed by atoms with Gasteiger partial charge < -0.3 is 9.84 Å². The van der Waals surface area contributed by atoms with Gasteiger partial charge in [-0.2, -0.15) is 4.98 Å². The molecule has 4 aromatic rings. The quantitative estimate of drug-likeness (QED) is 0.473. The summed E-state index contributed by atoms with van der Waals surface area (Å²) >= 11 is 5.98. The first-order valence-corrected chi connectivity index (χ1v) is 9.76. The molecule has 0 saturated carbocycles. The van der Waals surface area contributed by atoms with Crippen LogP contribution in [0, 0.1) is 0 Å². The van der Waals surface area contributed by atoms with Gasteiger partial charge >= 0.3 is 11.7 Å². The molecule has 0 unspecified atom stereocenters. The summed E-state index contributed by atoms with van der Waals surface area (Å²) in [6.07, 6.45) is 0.285. The molecular weight excluding hydrogens is 408 g/mol. The fourth-order valence-corrected chi connectivity index (χ4v) is 3.27. The standard InChI is InChI=1S/C21H19ClN4O4/c22-15-9-7-14(8-10-15)13-26-17-18(23-20(29)25(19(17)28)11-4-12-27)24-21(26)30-16-5-2-1-3-6-16/h1-3,5-10,27H,4,11-13H2,(H,23,29). The number of aliphatic hydroxyl groups is 1. The second-order valence-corrected chi connectivity index (χ2v) is 7.12. The van der Waals surface area contributed by atoms with Gasteiger partial charge in [0.05, 0.1) is 6.54 Å². The van der Waals surface area contributed by atoms with Crippen LogP contribution in [-0.2, 0) is 13.1 Å². The van der Waals surface area contributed by atoms with E-state index in [9.17, 15) is 9.59 Å². The maximum absolute atomic E-state index is 13.1. The summed E-state index contributed by atoms with van der Waals surface area (Å²) in [6, 6.07) is 16.4. The van der Waals surface area contributed by atoms with Gasteiger partial charge in [0.2, 0.25) is 0 Å². The van der Waals surface area contributed by atoms with Crippen LogP contribution in [0.2, 0.25) is 5.02 Å². The number of aromatic nitrogens is 4. The van der Waals surface area contributed by atoms with E-state index in [0.717, 1.165) is 10.1 Å². The second kappa shape index (κ2) is 8.56. The van der Waals surface area contributed by atoms with Crippen molar-refractivity contribution in [3.05, 3.63) is 86.0 Å². The van der Waals surface area contributed by atoms with Crippen molar-refractivity contribution >= 4 is 22.8 Å². The smallest absolute Gasteiger partial charge is 0.330 e. The molecular formula is C21H19ClN4O4. The zero-order chi connectivity index (χ0) is 21.1. The number of benzene rings is 2. The number of rotatable bonds is 7. The first-order valence-electron chi connectivity index (χ1n) is 9.38. The molecule has 154 valence electrons. The third-order valence-electron chi connectivity index (χ3n) is 4.60. The highest BCUT2D eigenvalue weighted by molar-refractivity contribution is 6.30. The summed E-state index contributed by atoms with van der Waals surface area (Å²) < 4.78 is 8.61. The first-order chi connectivity index (χ1) is 14.6. The van der Waals surface area contributed by atoms with Crippen LogP contribution in [-0.4, -0.2) is 30.8 Å². The number of hydrogen-bond acceptors (Lipinski definition) is 5. The molecule has 0 aliphatic carbocycles. The van der Waals surface area contributed by atoms with Crippen molar-refractivity contribution in [3.8, 4) is 11.8 Å². The highest BCUT2D eigenvalue weighted by Gasteiger charge is 2.19. The Labute approximate surface area is 176 Å². The Hall–Kier alpha value is -3.36. The zero-order valence-corrected chi connectivity index (χ0v) is 16.7. The maximum atomic E-state index is 13.1. The van der Waals surface area contributed by atoms with Gasteiger partial charge in [0.15, 0.2) is 11.2 Å². The summed E-state index contributed by atoms with van der Waals surface area (Å²) in [7, 11) is 0. The molecule has 2 aromatic heterocycles. The molecule has 2 N–H and O–H groups in total. The van der Waals surface area contributed by atoms with Gasteiger partial charge in [0.1, 0.15) is 5.75 Å². The van der Waals surface area contributed by atoms with Crippen LogP contribution in [0.1, 0.15) is 12.0 Å². The fourth-order valence-electron chi connectivity index (χ4n) is 3.15. The lowest BCUT2D eigenvalue weighted by Gasteiger charge is -2.10. The summed E-state index contributed by atoms with van der Waals surface area (Å²) in [5.74, 6) is 0.549. The van der Waals surface area contributed by atoms with E-state index in [1.807, 2.05) is 30.3 Å². The lowest BCUT2D eigenvalue weighted by Crippen LogP contribution is -2.36. The number of fused-ring (bicyclic) bond motifs is 1. The highest BCUT2D eigenvalue weighted by atomic mass is 35.5. The molecule has 0 atom stereocenters. The van der Waals surface area contributed by atoms with Crippen molar-refractivity contribution in [1.29, 1.82) is 0 Å². The summed E-state index contributed by atoms with van der Waals surface area (Å²) in [5.41, 5.74) is 0.164.